The van der Waals surface area contributed by atoms with Gasteiger partial charge in [0.2, 0.25) is 0 Å². The third-order valence-corrected chi connectivity index (χ3v) is 3.90. The standard InChI is InChI=1S/C8H6Br2O2S2/c1-12-14-7-3-5(9)4(8(11)13)2-6(7)10/h2-3H,1H3,(H,11,13). The van der Waals surface area contributed by atoms with E-state index >= 15 is 0 Å². The first kappa shape index (κ1) is 12.4. The summed E-state index contributed by atoms with van der Waals surface area (Å²) in [6.07, 6.45) is 0. The van der Waals surface area contributed by atoms with Gasteiger partial charge in [-0.2, -0.15) is 0 Å². The summed E-state index contributed by atoms with van der Waals surface area (Å²) in [5.41, 5.74) is 0.590. The maximum Gasteiger partial charge on any atom is 0.189 e. The Bertz CT molecular complexity index is 369. The molecule has 0 fully saturated rings. The van der Waals surface area contributed by atoms with E-state index < -0.39 is 0 Å². The Morgan fingerprint density at radius 2 is 2.07 bits per heavy atom. The molecule has 0 spiro atoms. The lowest BCUT2D eigenvalue weighted by molar-refractivity contribution is 0.489. The van der Waals surface area contributed by atoms with Crippen LogP contribution in [0.2, 0.25) is 0 Å². The molecule has 0 amide bonds. The maximum atomic E-state index is 9.19. The number of aliphatic hydroxyl groups excluding tert-OH is 1. The van der Waals surface area contributed by atoms with Gasteiger partial charge in [-0.25, -0.2) is 0 Å². The molecule has 0 unspecified atom stereocenters. The summed E-state index contributed by atoms with van der Waals surface area (Å²) in [5, 5.41) is 9.06. The number of benzene rings is 1. The van der Waals surface area contributed by atoms with Gasteiger partial charge in [0, 0.05) is 26.6 Å². The second-order valence-electron chi connectivity index (χ2n) is 2.32. The summed E-state index contributed by atoms with van der Waals surface area (Å²) in [6, 6.07) is 3.57. The van der Waals surface area contributed by atoms with Crippen molar-refractivity contribution in [3.8, 4) is 0 Å². The molecule has 6 heteroatoms. The van der Waals surface area contributed by atoms with E-state index in [2.05, 4.69) is 44.1 Å². The molecule has 0 radical (unpaired) electrons. The van der Waals surface area contributed by atoms with Crippen LogP contribution in [0.4, 0.5) is 0 Å². The highest BCUT2D eigenvalue weighted by molar-refractivity contribution is 9.11. The quantitative estimate of drug-likeness (QED) is 0.651. The van der Waals surface area contributed by atoms with Crippen LogP contribution in [0.15, 0.2) is 26.0 Å². The molecule has 0 aliphatic heterocycles. The molecule has 0 saturated heterocycles. The largest absolute Gasteiger partial charge is 0.498 e. The number of halogens is 2. The van der Waals surface area contributed by atoms with Crippen LogP contribution in [0.1, 0.15) is 5.56 Å². The van der Waals surface area contributed by atoms with Gasteiger partial charge >= 0.3 is 0 Å². The average Bonchev–Trinajstić information content (AvgIpc) is 2.10. The van der Waals surface area contributed by atoms with Gasteiger partial charge in [-0.3, -0.25) is 0 Å². The summed E-state index contributed by atoms with van der Waals surface area (Å²) in [5.74, 6) is 0. The molecular weight excluding hydrogens is 352 g/mol. The number of hydrogen-bond acceptors (Lipinski definition) is 3. The normalized spacial score (nSPS) is 10.2. The molecule has 0 aliphatic rings. The highest BCUT2D eigenvalue weighted by atomic mass is 79.9. The maximum absolute atomic E-state index is 9.19. The molecule has 0 bridgehead atoms. The second kappa shape index (κ2) is 5.46. The zero-order valence-electron chi connectivity index (χ0n) is 7.08. The third-order valence-electron chi connectivity index (χ3n) is 1.43. The van der Waals surface area contributed by atoms with Crippen molar-refractivity contribution < 1.29 is 9.29 Å². The molecule has 14 heavy (non-hydrogen) atoms. The minimum Gasteiger partial charge on any atom is -0.498 e. The van der Waals surface area contributed by atoms with Crippen molar-refractivity contribution in [2.45, 2.75) is 4.90 Å². The van der Waals surface area contributed by atoms with Gasteiger partial charge in [-0.05, 0) is 56.2 Å². The van der Waals surface area contributed by atoms with Crippen LogP contribution in [0.25, 0.3) is 0 Å². The Morgan fingerprint density at radius 3 is 2.57 bits per heavy atom. The highest BCUT2D eigenvalue weighted by Crippen LogP contribution is 2.33. The summed E-state index contributed by atoms with van der Waals surface area (Å²) in [4.78, 5) is 0.916. The van der Waals surface area contributed by atoms with Crippen molar-refractivity contribution in [2.24, 2.45) is 0 Å². The molecule has 0 aromatic heterocycles. The predicted octanol–water partition coefficient (Wildman–Crippen LogP) is 4.10. The minimum absolute atomic E-state index is 0.133. The first-order chi connectivity index (χ1) is 6.56. The number of thiocarbonyl (C=S) groups is 1. The van der Waals surface area contributed by atoms with Crippen molar-refractivity contribution in [2.75, 3.05) is 7.11 Å². The molecule has 1 aromatic rings. The zero-order valence-corrected chi connectivity index (χ0v) is 11.9. The van der Waals surface area contributed by atoms with Crippen LogP contribution in [0.3, 0.4) is 0 Å². The van der Waals surface area contributed by atoms with Gasteiger partial charge in [-0.1, -0.05) is 0 Å². The third kappa shape index (κ3) is 2.93. The van der Waals surface area contributed by atoms with E-state index in [1.54, 1.807) is 13.2 Å². The van der Waals surface area contributed by atoms with E-state index in [4.69, 9.17) is 4.18 Å². The van der Waals surface area contributed by atoms with E-state index in [0.717, 1.165) is 13.8 Å². The van der Waals surface area contributed by atoms with Crippen LogP contribution in [-0.4, -0.2) is 17.3 Å². The topological polar surface area (TPSA) is 29.5 Å². The van der Waals surface area contributed by atoms with Crippen LogP contribution < -0.4 is 0 Å². The van der Waals surface area contributed by atoms with Crippen molar-refractivity contribution >= 4 is 61.2 Å². The van der Waals surface area contributed by atoms with Gasteiger partial charge in [0.05, 0.1) is 12.0 Å². The first-order valence-electron chi connectivity index (χ1n) is 3.49. The molecule has 1 rings (SSSR count). The fraction of sp³-hybridized carbons (Fsp3) is 0.125. The van der Waals surface area contributed by atoms with E-state index in [1.807, 2.05) is 6.07 Å². The number of aliphatic hydroxyl groups is 1. The Hall–Kier alpha value is 0.380. The first-order valence-corrected chi connectivity index (χ1v) is 6.23. The van der Waals surface area contributed by atoms with Gasteiger partial charge in [-0.15, -0.1) is 0 Å². The molecule has 76 valence electrons. The van der Waals surface area contributed by atoms with Crippen LogP contribution in [-0.2, 0) is 4.18 Å². The van der Waals surface area contributed by atoms with Crippen LogP contribution in [0.5, 0.6) is 0 Å². The summed E-state index contributed by atoms with van der Waals surface area (Å²) >= 11 is 12.6. The molecule has 0 heterocycles. The molecule has 2 nitrogen and oxygen atoms in total. The lowest BCUT2D eigenvalue weighted by Gasteiger charge is -2.06. The van der Waals surface area contributed by atoms with E-state index in [0.29, 0.717) is 5.56 Å². The van der Waals surface area contributed by atoms with Crippen molar-refractivity contribution in [1.82, 2.24) is 0 Å². The molecule has 0 aliphatic carbocycles. The molecule has 0 atom stereocenters. The Labute approximate surface area is 108 Å². The van der Waals surface area contributed by atoms with Gasteiger partial charge in [0.25, 0.3) is 0 Å². The molecule has 1 N–H and O–H groups in total. The van der Waals surface area contributed by atoms with Gasteiger partial charge in [0.15, 0.2) is 5.05 Å². The fourth-order valence-electron chi connectivity index (χ4n) is 0.846. The second-order valence-corrected chi connectivity index (χ2v) is 5.35. The number of hydrogen-bond donors (Lipinski definition) is 1. The number of rotatable bonds is 3. The van der Waals surface area contributed by atoms with Gasteiger partial charge in [0.1, 0.15) is 0 Å². The van der Waals surface area contributed by atoms with E-state index in [1.165, 1.54) is 12.0 Å². The average molecular weight is 358 g/mol. The Balaban J connectivity index is 3.17. The Morgan fingerprint density at radius 1 is 1.43 bits per heavy atom. The van der Waals surface area contributed by atoms with Crippen molar-refractivity contribution in [3.63, 3.8) is 0 Å². The van der Waals surface area contributed by atoms with E-state index in [-0.39, 0.29) is 5.05 Å². The lowest BCUT2D eigenvalue weighted by atomic mass is 10.2. The molecule has 1 aromatic carbocycles. The molecule has 0 saturated carbocycles. The zero-order chi connectivity index (χ0) is 10.7. The summed E-state index contributed by atoms with van der Waals surface area (Å²) in [7, 11) is 1.59. The Kier molecular flexibility index (Phi) is 4.86. The highest BCUT2D eigenvalue weighted by Gasteiger charge is 2.10. The SMILES string of the molecule is COSc1cc(Br)c(C(O)=S)cc1Br. The predicted molar refractivity (Wildman–Crippen MR) is 69.0 cm³/mol. The summed E-state index contributed by atoms with van der Waals surface area (Å²) in [6.45, 7) is 0. The smallest absolute Gasteiger partial charge is 0.189 e. The van der Waals surface area contributed by atoms with Crippen molar-refractivity contribution in [1.29, 1.82) is 0 Å². The lowest BCUT2D eigenvalue weighted by Crippen LogP contribution is -1.96. The summed E-state index contributed by atoms with van der Waals surface area (Å²) < 4.78 is 6.51. The van der Waals surface area contributed by atoms with E-state index in [9.17, 15) is 5.11 Å². The monoisotopic (exact) mass is 356 g/mol. The van der Waals surface area contributed by atoms with Crippen LogP contribution in [0, 0.1) is 0 Å². The van der Waals surface area contributed by atoms with Crippen molar-refractivity contribution in [3.05, 3.63) is 26.6 Å². The minimum atomic E-state index is -0.133. The fourth-order valence-corrected chi connectivity index (χ4v) is 2.85. The molecular formula is C8H6Br2O2S2. The van der Waals surface area contributed by atoms with Crippen LogP contribution >= 0.6 is 56.1 Å². The van der Waals surface area contributed by atoms with Gasteiger partial charge < -0.3 is 9.29 Å².